The fourth-order valence-corrected chi connectivity index (χ4v) is 3.35. The fourth-order valence-electron chi connectivity index (χ4n) is 3.35. The van der Waals surface area contributed by atoms with Crippen molar-refractivity contribution in [3.05, 3.63) is 35.9 Å². The molecule has 1 aliphatic rings. The molecule has 2 rings (SSSR count). The summed E-state index contributed by atoms with van der Waals surface area (Å²) in [5.74, 6) is 0.743. The third-order valence-corrected chi connectivity index (χ3v) is 4.35. The summed E-state index contributed by atoms with van der Waals surface area (Å²) in [6, 6.07) is 11.0. The van der Waals surface area contributed by atoms with Crippen molar-refractivity contribution < 1.29 is 4.79 Å². The Kier molecular flexibility index (Phi) is 7.76. The highest BCUT2D eigenvalue weighted by Gasteiger charge is 2.34. The van der Waals surface area contributed by atoms with E-state index in [1.54, 1.807) is 0 Å². The number of amides is 1. The first-order valence-corrected chi connectivity index (χ1v) is 7.82. The second-order valence-corrected chi connectivity index (χ2v) is 5.61. The first kappa shape index (κ1) is 18.0. The Morgan fingerprint density at radius 2 is 2.10 bits per heavy atom. The van der Waals surface area contributed by atoms with Crippen molar-refractivity contribution in [3.8, 4) is 0 Å². The lowest BCUT2D eigenvalue weighted by Crippen LogP contribution is -2.39. The molecule has 0 spiro atoms. The quantitative estimate of drug-likeness (QED) is 0.876. The first-order valence-electron chi connectivity index (χ1n) is 7.82. The topological polar surface area (TPSA) is 46.3 Å². The average molecular weight is 311 g/mol. The number of carbonyl (C=O) groups is 1. The number of nitrogens with zero attached hydrogens (tertiary/aromatic N) is 1. The number of halogens is 1. The Hall–Kier alpha value is -1.06. The van der Waals surface area contributed by atoms with Gasteiger partial charge in [-0.3, -0.25) is 4.79 Å². The van der Waals surface area contributed by atoms with Crippen LogP contribution in [0.15, 0.2) is 30.3 Å². The van der Waals surface area contributed by atoms with Gasteiger partial charge in [0.05, 0.1) is 0 Å². The van der Waals surface area contributed by atoms with Crippen LogP contribution in [-0.2, 0) is 4.79 Å². The van der Waals surface area contributed by atoms with Crippen LogP contribution in [0.2, 0.25) is 0 Å². The van der Waals surface area contributed by atoms with Gasteiger partial charge in [0.1, 0.15) is 0 Å². The van der Waals surface area contributed by atoms with Gasteiger partial charge in [-0.05, 0) is 37.8 Å². The summed E-state index contributed by atoms with van der Waals surface area (Å²) in [5, 5.41) is 0. The molecule has 1 fully saturated rings. The van der Waals surface area contributed by atoms with Crippen molar-refractivity contribution in [1.82, 2.24) is 4.90 Å². The summed E-state index contributed by atoms with van der Waals surface area (Å²) in [5.41, 5.74) is 6.88. The standard InChI is InChI=1S/C17H26N2O.ClH/c1-2-15(14-8-4-3-5-9-14)16-10-7-13-19(16)17(20)11-6-12-18;/h3-5,8-9,15-16H,2,6-7,10-13,18H2,1H3;1H. The van der Waals surface area contributed by atoms with Crippen LogP contribution in [0.25, 0.3) is 0 Å². The summed E-state index contributed by atoms with van der Waals surface area (Å²) in [7, 11) is 0. The molecule has 3 nitrogen and oxygen atoms in total. The van der Waals surface area contributed by atoms with Gasteiger partial charge in [-0.25, -0.2) is 0 Å². The minimum Gasteiger partial charge on any atom is -0.339 e. The van der Waals surface area contributed by atoms with Gasteiger partial charge in [-0.1, -0.05) is 37.3 Å². The van der Waals surface area contributed by atoms with Crippen molar-refractivity contribution in [1.29, 1.82) is 0 Å². The molecule has 0 aliphatic carbocycles. The van der Waals surface area contributed by atoms with Crippen LogP contribution < -0.4 is 5.73 Å². The average Bonchev–Trinajstić information content (AvgIpc) is 2.96. The highest BCUT2D eigenvalue weighted by molar-refractivity contribution is 5.85. The van der Waals surface area contributed by atoms with E-state index >= 15 is 0 Å². The molecule has 0 radical (unpaired) electrons. The molecule has 1 aliphatic heterocycles. The molecule has 1 heterocycles. The SMILES string of the molecule is CCC(c1ccccc1)C1CCCN1C(=O)CCCN.Cl. The zero-order valence-corrected chi connectivity index (χ0v) is 13.6. The Labute approximate surface area is 134 Å². The van der Waals surface area contributed by atoms with E-state index < -0.39 is 0 Å². The smallest absolute Gasteiger partial charge is 0.222 e. The van der Waals surface area contributed by atoms with Crippen molar-refractivity contribution in [2.45, 2.75) is 51.0 Å². The number of carbonyl (C=O) groups excluding carboxylic acids is 1. The van der Waals surface area contributed by atoms with E-state index in [4.69, 9.17) is 5.73 Å². The third-order valence-electron chi connectivity index (χ3n) is 4.35. The molecule has 2 N–H and O–H groups in total. The minimum atomic E-state index is 0. The summed E-state index contributed by atoms with van der Waals surface area (Å²) >= 11 is 0. The van der Waals surface area contributed by atoms with Crippen molar-refractivity contribution in [2.75, 3.05) is 13.1 Å². The van der Waals surface area contributed by atoms with E-state index in [0.717, 1.165) is 32.2 Å². The van der Waals surface area contributed by atoms with Crippen LogP contribution in [0.3, 0.4) is 0 Å². The predicted octanol–water partition coefficient (Wildman–Crippen LogP) is 3.33. The molecule has 0 bridgehead atoms. The van der Waals surface area contributed by atoms with Crippen molar-refractivity contribution >= 4 is 18.3 Å². The molecule has 2 unspecified atom stereocenters. The number of rotatable bonds is 6. The van der Waals surface area contributed by atoms with Crippen LogP contribution >= 0.6 is 12.4 Å². The predicted molar refractivity (Wildman–Crippen MR) is 89.7 cm³/mol. The normalized spacial score (nSPS) is 19.1. The molecule has 1 amide bonds. The molecule has 21 heavy (non-hydrogen) atoms. The lowest BCUT2D eigenvalue weighted by Gasteiger charge is -2.31. The lowest BCUT2D eigenvalue weighted by molar-refractivity contribution is -0.132. The molecule has 2 atom stereocenters. The van der Waals surface area contributed by atoms with E-state index in [0.29, 0.717) is 24.9 Å². The first-order chi connectivity index (χ1) is 9.77. The number of nitrogens with two attached hydrogens (primary N) is 1. The van der Waals surface area contributed by atoms with Gasteiger partial charge in [0.15, 0.2) is 0 Å². The van der Waals surface area contributed by atoms with Crippen LogP contribution in [0.5, 0.6) is 0 Å². The van der Waals surface area contributed by atoms with Crippen molar-refractivity contribution in [3.63, 3.8) is 0 Å². The van der Waals surface area contributed by atoms with E-state index in [2.05, 4.69) is 42.2 Å². The van der Waals surface area contributed by atoms with Gasteiger partial charge in [-0.15, -0.1) is 12.4 Å². The monoisotopic (exact) mass is 310 g/mol. The maximum atomic E-state index is 12.3. The molecule has 1 aromatic rings. The van der Waals surface area contributed by atoms with Crippen LogP contribution in [0.1, 0.15) is 50.5 Å². The molecular formula is C17H27ClN2O. The maximum Gasteiger partial charge on any atom is 0.222 e. The lowest BCUT2D eigenvalue weighted by atomic mass is 9.87. The van der Waals surface area contributed by atoms with E-state index in [-0.39, 0.29) is 18.3 Å². The van der Waals surface area contributed by atoms with Gasteiger partial charge in [0, 0.05) is 24.9 Å². The number of likely N-dealkylation sites (tertiary alicyclic amines) is 1. The largest absolute Gasteiger partial charge is 0.339 e. The molecule has 1 saturated heterocycles. The molecule has 1 aromatic carbocycles. The second-order valence-electron chi connectivity index (χ2n) is 5.61. The summed E-state index contributed by atoms with van der Waals surface area (Å²) < 4.78 is 0. The zero-order chi connectivity index (χ0) is 14.4. The zero-order valence-electron chi connectivity index (χ0n) is 12.8. The Morgan fingerprint density at radius 3 is 2.71 bits per heavy atom. The number of hydrogen-bond donors (Lipinski definition) is 1. The number of hydrogen-bond acceptors (Lipinski definition) is 2. The van der Waals surface area contributed by atoms with E-state index in [9.17, 15) is 4.79 Å². The van der Waals surface area contributed by atoms with Crippen molar-refractivity contribution in [2.24, 2.45) is 5.73 Å². The molecule has 0 saturated carbocycles. The molecule has 118 valence electrons. The summed E-state index contributed by atoms with van der Waals surface area (Å²) in [4.78, 5) is 14.4. The Bertz CT molecular complexity index is 424. The minimum absolute atomic E-state index is 0. The maximum absolute atomic E-state index is 12.3. The van der Waals surface area contributed by atoms with Gasteiger partial charge >= 0.3 is 0 Å². The van der Waals surface area contributed by atoms with E-state index in [1.165, 1.54) is 5.56 Å². The molecule has 0 aromatic heterocycles. The highest BCUT2D eigenvalue weighted by atomic mass is 35.5. The summed E-state index contributed by atoms with van der Waals surface area (Å²) in [6.07, 6.45) is 4.72. The molecule has 4 heteroatoms. The van der Waals surface area contributed by atoms with Crippen LogP contribution in [-0.4, -0.2) is 29.9 Å². The van der Waals surface area contributed by atoms with Gasteiger partial charge in [0.25, 0.3) is 0 Å². The number of benzene rings is 1. The summed E-state index contributed by atoms with van der Waals surface area (Å²) in [6.45, 7) is 3.73. The van der Waals surface area contributed by atoms with Crippen LogP contribution in [0.4, 0.5) is 0 Å². The van der Waals surface area contributed by atoms with Gasteiger partial charge in [-0.2, -0.15) is 0 Å². The van der Waals surface area contributed by atoms with Gasteiger partial charge < -0.3 is 10.6 Å². The highest BCUT2D eigenvalue weighted by Crippen LogP contribution is 2.33. The van der Waals surface area contributed by atoms with E-state index in [1.807, 2.05) is 0 Å². The Morgan fingerprint density at radius 1 is 1.38 bits per heavy atom. The second kappa shape index (κ2) is 9.06. The van der Waals surface area contributed by atoms with Gasteiger partial charge in [0.2, 0.25) is 5.91 Å². The fraction of sp³-hybridized carbons (Fsp3) is 0.588. The Balaban J connectivity index is 0.00000220. The van der Waals surface area contributed by atoms with Crippen LogP contribution in [0, 0.1) is 0 Å². The molecular weight excluding hydrogens is 284 g/mol. The third kappa shape index (κ3) is 4.45.